The maximum atomic E-state index is 11.8. The molecule has 0 aliphatic heterocycles. The molecule has 8 heteroatoms. The standard InChI is InChI=1S/C9H13N5O3/c1-14-12-9(11-13-14)10-7(15)5-2-3-6(4-5)8(16)17/h5-6H,2-4H2,1H3,(H,16,17)(H,10,12,15). The fraction of sp³-hybridized carbons (Fsp3) is 0.667. The molecule has 2 N–H and O–H groups in total. The second-order valence-corrected chi connectivity index (χ2v) is 4.14. The molecule has 1 aromatic rings. The highest BCUT2D eigenvalue weighted by molar-refractivity contribution is 5.91. The van der Waals surface area contributed by atoms with Gasteiger partial charge in [-0.15, -0.1) is 5.10 Å². The maximum absolute atomic E-state index is 11.8. The Labute approximate surface area is 97.0 Å². The molecule has 8 nitrogen and oxygen atoms in total. The van der Waals surface area contributed by atoms with Crippen LogP contribution < -0.4 is 5.32 Å². The predicted molar refractivity (Wildman–Crippen MR) is 55.9 cm³/mol. The monoisotopic (exact) mass is 239 g/mol. The van der Waals surface area contributed by atoms with Gasteiger partial charge in [-0.2, -0.15) is 4.80 Å². The summed E-state index contributed by atoms with van der Waals surface area (Å²) in [5.41, 5.74) is 0. The van der Waals surface area contributed by atoms with E-state index in [2.05, 4.69) is 20.7 Å². The zero-order valence-corrected chi connectivity index (χ0v) is 9.33. The van der Waals surface area contributed by atoms with Crippen molar-refractivity contribution in [2.75, 3.05) is 5.32 Å². The number of anilines is 1. The van der Waals surface area contributed by atoms with E-state index in [1.54, 1.807) is 7.05 Å². The first kappa shape index (κ1) is 11.5. The maximum Gasteiger partial charge on any atom is 0.306 e. The predicted octanol–water partition coefficient (Wildman–Crippen LogP) is -0.351. The summed E-state index contributed by atoms with van der Waals surface area (Å²) in [5.74, 6) is -1.61. The zero-order chi connectivity index (χ0) is 12.4. The minimum Gasteiger partial charge on any atom is -0.481 e. The van der Waals surface area contributed by atoms with E-state index in [4.69, 9.17) is 5.11 Å². The quantitative estimate of drug-likeness (QED) is 0.746. The number of nitrogens with one attached hydrogen (secondary N) is 1. The van der Waals surface area contributed by atoms with Gasteiger partial charge in [-0.1, -0.05) is 5.10 Å². The van der Waals surface area contributed by atoms with Gasteiger partial charge in [0, 0.05) is 5.92 Å². The topological polar surface area (TPSA) is 110 Å². The summed E-state index contributed by atoms with van der Waals surface area (Å²) >= 11 is 0. The van der Waals surface area contributed by atoms with Gasteiger partial charge in [-0.3, -0.25) is 14.9 Å². The molecule has 1 saturated carbocycles. The Hall–Kier alpha value is -1.99. The van der Waals surface area contributed by atoms with Gasteiger partial charge >= 0.3 is 5.97 Å². The van der Waals surface area contributed by atoms with Crippen molar-refractivity contribution in [1.29, 1.82) is 0 Å². The number of nitrogens with zero attached hydrogens (tertiary/aromatic N) is 4. The van der Waals surface area contributed by atoms with Gasteiger partial charge < -0.3 is 5.11 Å². The molecule has 2 rings (SSSR count). The summed E-state index contributed by atoms with van der Waals surface area (Å²) in [6, 6.07) is 0. The third kappa shape index (κ3) is 2.58. The molecule has 0 radical (unpaired) electrons. The minimum atomic E-state index is -0.835. The number of amides is 1. The van der Waals surface area contributed by atoms with Gasteiger partial charge in [-0.25, -0.2) is 0 Å². The Morgan fingerprint density at radius 1 is 1.41 bits per heavy atom. The Morgan fingerprint density at radius 2 is 2.12 bits per heavy atom. The summed E-state index contributed by atoms with van der Waals surface area (Å²) in [5, 5.41) is 22.4. The second-order valence-electron chi connectivity index (χ2n) is 4.14. The number of hydrogen-bond donors (Lipinski definition) is 2. The number of tetrazole rings is 1. The van der Waals surface area contributed by atoms with Crippen molar-refractivity contribution < 1.29 is 14.7 Å². The van der Waals surface area contributed by atoms with Crippen molar-refractivity contribution in [3.05, 3.63) is 0 Å². The summed E-state index contributed by atoms with van der Waals surface area (Å²) < 4.78 is 0. The van der Waals surface area contributed by atoms with Crippen LogP contribution in [0.1, 0.15) is 19.3 Å². The van der Waals surface area contributed by atoms with Crippen molar-refractivity contribution in [3.8, 4) is 0 Å². The van der Waals surface area contributed by atoms with E-state index in [0.29, 0.717) is 19.3 Å². The molecular formula is C9H13N5O3. The number of aryl methyl sites for hydroxylation is 1. The van der Waals surface area contributed by atoms with E-state index < -0.39 is 11.9 Å². The van der Waals surface area contributed by atoms with Gasteiger partial charge in [0.15, 0.2) is 0 Å². The van der Waals surface area contributed by atoms with Crippen LogP contribution in [-0.2, 0) is 16.6 Å². The van der Waals surface area contributed by atoms with E-state index in [-0.39, 0.29) is 17.8 Å². The molecule has 2 atom stereocenters. The number of carbonyl (C=O) groups is 2. The molecule has 0 bridgehead atoms. The van der Waals surface area contributed by atoms with E-state index in [1.807, 2.05) is 0 Å². The Morgan fingerprint density at radius 3 is 2.65 bits per heavy atom. The average molecular weight is 239 g/mol. The number of hydrogen-bond acceptors (Lipinski definition) is 5. The SMILES string of the molecule is Cn1nnc(NC(=O)C2CCC(C(=O)O)C2)n1. The Bertz CT molecular complexity index is 444. The van der Waals surface area contributed by atoms with Crippen LogP contribution in [0.3, 0.4) is 0 Å². The number of aliphatic carboxylic acids is 1. The molecule has 2 unspecified atom stereocenters. The largest absolute Gasteiger partial charge is 0.481 e. The van der Waals surface area contributed by atoms with E-state index in [0.717, 1.165) is 0 Å². The van der Waals surface area contributed by atoms with Crippen molar-refractivity contribution in [2.24, 2.45) is 18.9 Å². The lowest BCUT2D eigenvalue weighted by Gasteiger charge is -2.07. The van der Waals surface area contributed by atoms with Gasteiger partial charge in [0.25, 0.3) is 5.95 Å². The minimum absolute atomic E-state index is 0.149. The molecule has 1 amide bonds. The van der Waals surface area contributed by atoms with Gasteiger partial charge in [0.2, 0.25) is 5.91 Å². The molecule has 17 heavy (non-hydrogen) atoms. The van der Waals surface area contributed by atoms with Crippen LogP contribution in [-0.4, -0.2) is 37.2 Å². The van der Waals surface area contributed by atoms with Gasteiger partial charge in [0.05, 0.1) is 13.0 Å². The average Bonchev–Trinajstić information content (AvgIpc) is 2.86. The molecule has 92 valence electrons. The molecule has 1 aliphatic carbocycles. The first-order valence-electron chi connectivity index (χ1n) is 5.34. The zero-order valence-electron chi connectivity index (χ0n) is 9.33. The summed E-state index contributed by atoms with van der Waals surface area (Å²) in [6.45, 7) is 0. The third-order valence-corrected chi connectivity index (χ3v) is 2.90. The highest BCUT2D eigenvalue weighted by atomic mass is 16.4. The van der Waals surface area contributed by atoms with Crippen molar-refractivity contribution >= 4 is 17.8 Å². The van der Waals surface area contributed by atoms with Crippen molar-refractivity contribution in [1.82, 2.24) is 20.2 Å². The molecule has 0 aromatic carbocycles. The summed E-state index contributed by atoms with van der Waals surface area (Å²) in [6.07, 6.45) is 1.51. The first-order chi connectivity index (χ1) is 8.06. The molecule has 0 spiro atoms. The first-order valence-corrected chi connectivity index (χ1v) is 5.34. The lowest BCUT2D eigenvalue weighted by molar-refractivity contribution is -0.141. The normalized spacial score (nSPS) is 23.6. The van der Waals surface area contributed by atoms with Crippen LogP contribution in [0.25, 0.3) is 0 Å². The van der Waals surface area contributed by atoms with Crippen LogP contribution in [0.15, 0.2) is 0 Å². The number of aromatic nitrogens is 4. The van der Waals surface area contributed by atoms with Gasteiger partial charge in [0.1, 0.15) is 0 Å². The highest BCUT2D eigenvalue weighted by Gasteiger charge is 2.34. The third-order valence-electron chi connectivity index (χ3n) is 2.90. The fourth-order valence-corrected chi connectivity index (χ4v) is 1.99. The number of rotatable bonds is 3. The number of carboxylic acids is 1. The van der Waals surface area contributed by atoms with E-state index >= 15 is 0 Å². The second kappa shape index (κ2) is 4.48. The van der Waals surface area contributed by atoms with Crippen LogP contribution in [0.4, 0.5) is 5.95 Å². The van der Waals surface area contributed by atoms with E-state index in [1.165, 1.54) is 4.80 Å². The van der Waals surface area contributed by atoms with Crippen LogP contribution in [0, 0.1) is 11.8 Å². The van der Waals surface area contributed by atoms with Crippen LogP contribution >= 0.6 is 0 Å². The summed E-state index contributed by atoms with van der Waals surface area (Å²) in [7, 11) is 1.60. The lowest BCUT2D eigenvalue weighted by atomic mass is 10.0. The van der Waals surface area contributed by atoms with Gasteiger partial charge in [-0.05, 0) is 24.5 Å². The number of carbonyl (C=O) groups excluding carboxylic acids is 1. The highest BCUT2D eigenvalue weighted by Crippen LogP contribution is 2.31. The van der Waals surface area contributed by atoms with Crippen LogP contribution in [0.2, 0.25) is 0 Å². The Balaban J connectivity index is 1.91. The molecule has 1 aliphatic rings. The molecule has 1 fully saturated rings. The molecule has 1 heterocycles. The smallest absolute Gasteiger partial charge is 0.306 e. The lowest BCUT2D eigenvalue weighted by Crippen LogP contribution is -2.22. The fourth-order valence-electron chi connectivity index (χ4n) is 1.99. The van der Waals surface area contributed by atoms with Crippen molar-refractivity contribution in [3.63, 3.8) is 0 Å². The van der Waals surface area contributed by atoms with Crippen molar-refractivity contribution in [2.45, 2.75) is 19.3 Å². The molecular weight excluding hydrogens is 226 g/mol. The summed E-state index contributed by atoms with van der Waals surface area (Å²) in [4.78, 5) is 23.8. The Kier molecular flexibility index (Phi) is 3.03. The van der Waals surface area contributed by atoms with E-state index in [9.17, 15) is 9.59 Å². The van der Waals surface area contributed by atoms with Crippen LogP contribution in [0.5, 0.6) is 0 Å². The molecule has 1 aromatic heterocycles. The molecule has 0 saturated heterocycles. The number of carboxylic acid groups (broad SMARTS) is 1.